The number of halogens is 2. The van der Waals surface area contributed by atoms with Gasteiger partial charge in [-0.05, 0) is 36.8 Å². The van der Waals surface area contributed by atoms with Gasteiger partial charge in [-0.2, -0.15) is 0 Å². The topological polar surface area (TPSA) is 66.6 Å². The highest BCUT2D eigenvalue weighted by Gasteiger charge is 2.09. The molecule has 138 valence electrons. The van der Waals surface area contributed by atoms with Crippen LogP contribution in [0.1, 0.15) is 24.4 Å². The van der Waals surface area contributed by atoms with Crippen molar-refractivity contribution in [3.05, 3.63) is 65.1 Å². The first kappa shape index (κ1) is 20.4. The zero-order valence-electron chi connectivity index (χ0n) is 14.7. The van der Waals surface area contributed by atoms with Gasteiger partial charge in [0.05, 0.1) is 6.04 Å². The number of fused-ring (bicyclic) bond motifs is 1. The van der Waals surface area contributed by atoms with Gasteiger partial charge in [0.25, 0.3) is 0 Å². The van der Waals surface area contributed by atoms with Crippen molar-refractivity contribution in [1.82, 2.24) is 25.2 Å². The Labute approximate surface area is 175 Å². The SMILES string of the molecule is CN=C(NCCc1nnc2ccccn12)NC(C)c1cccc(Cl)c1.I. The fourth-order valence-corrected chi connectivity index (χ4v) is 2.81. The summed E-state index contributed by atoms with van der Waals surface area (Å²) in [4.78, 5) is 4.28. The molecule has 0 aliphatic heterocycles. The van der Waals surface area contributed by atoms with E-state index in [1.54, 1.807) is 7.05 Å². The summed E-state index contributed by atoms with van der Waals surface area (Å²) in [6.45, 7) is 2.78. The number of benzene rings is 1. The zero-order valence-corrected chi connectivity index (χ0v) is 17.8. The van der Waals surface area contributed by atoms with Gasteiger partial charge < -0.3 is 10.6 Å². The summed E-state index contributed by atoms with van der Waals surface area (Å²) < 4.78 is 1.99. The van der Waals surface area contributed by atoms with E-state index in [0.29, 0.717) is 6.54 Å². The standard InChI is InChI=1S/C18H21ClN6.HI/c1-13(14-6-5-7-15(19)12-14)22-18(20-2)21-10-9-17-24-23-16-8-3-4-11-25(16)17;/h3-8,11-13H,9-10H2,1-2H3,(H2,20,21,22);1H. The zero-order chi connectivity index (χ0) is 17.6. The number of pyridine rings is 1. The lowest BCUT2D eigenvalue weighted by Crippen LogP contribution is -2.39. The van der Waals surface area contributed by atoms with E-state index in [1.165, 1.54) is 0 Å². The second kappa shape index (κ2) is 9.72. The molecule has 2 aromatic heterocycles. The van der Waals surface area contributed by atoms with Gasteiger partial charge in [0.2, 0.25) is 0 Å². The minimum atomic E-state index is 0. The molecule has 1 atom stereocenters. The first-order valence-corrected chi connectivity index (χ1v) is 8.56. The molecule has 6 nitrogen and oxygen atoms in total. The van der Waals surface area contributed by atoms with Crippen LogP contribution in [0, 0.1) is 0 Å². The third-order valence-corrected chi connectivity index (χ3v) is 4.19. The van der Waals surface area contributed by atoms with E-state index in [4.69, 9.17) is 11.6 Å². The lowest BCUT2D eigenvalue weighted by Gasteiger charge is -2.18. The highest BCUT2D eigenvalue weighted by atomic mass is 127. The number of nitrogens with one attached hydrogen (secondary N) is 2. The molecule has 1 unspecified atom stereocenters. The molecule has 1 aromatic carbocycles. The van der Waals surface area contributed by atoms with E-state index in [0.717, 1.165) is 34.4 Å². The first-order chi connectivity index (χ1) is 12.2. The Morgan fingerprint density at radius 1 is 1.23 bits per heavy atom. The van der Waals surface area contributed by atoms with E-state index in [2.05, 4.69) is 32.7 Å². The van der Waals surface area contributed by atoms with Gasteiger partial charge in [0, 0.05) is 31.2 Å². The van der Waals surface area contributed by atoms with Crippen molar-refractivity contribution < 1.29 is 0 Å². The van der Waals surface area contributed by atoms with E-state index in [1.807, 2.05) is 53.1 Å². The van der Waals surface area contributed by atoms with Crippen LogP contribution in [0.25, 0.3) is 5.65 Å². The maximum Gasteiger partial charge on any atom is 0.191 e. The summed E-state index contributed by atoms with van der Waals surface area (Å²) >= 11 is 6.06. The molecule has 0 amide bonds. The number of hydrogen-bond acceptors (Lipinski definition) is 3. The number of hydrogen-bond donors (Lipinski definition) is 2. The molecule has 0 spiro atoms. The van der Waals surface area contributed by atoms with Crippen molar-refractivity contribution in [1.29, 1.82) is 0 Å². The number of aromatic nitrogens is 3. The number of aliphatic imine (C=N–C) groups is 1. The third-order valence-electron chi connectivity index (χ3n) is 3.95. The number of nitrogens with zero attached hydrogens (tertiary/aromatic N) is 4. The Balaban J connectivity index is 0.00000243. The molecule has 3 aromatic rings. The van der Waals surface area contributed by atoms with Gasteiger partial charge in [0.1, 0.15) is 5.82 Å². The van der Waals surface area contributed by atoms with E-state index >= 15 is 0 Å². The quantitative estimate of drug-likeness (QED) is 0.331. The van der Waals surface area contributed by atoms with Crippen molar-refractivity contribution in [2.75, 3.05) is 13.6 Å². The monoisotopic (exact) mass is 484 g/mol. The summed E-state index contributed by atoms with van der Waals surface area (Å²) in [7, 11) is 1.76. The highest BCUT2D eigenvalue weighted by molar-refractivity contribution is 14.0. The molecule has 2 N–H and O–H groups in total. The number of rotatable bonds is 5. The van der Waals surface area contributed by atoms with Gasteiger partial charge in [-0.15, -0.1) is 34.2 Å². The smallest absolute Gasteiger partial charge is 0.191 e. The third kappa shape index (κ3) is 5.07. The molecular weight excluding hydrogens is 463 g/mol. The van der Waals surface area contributed by atoms with Crippen molar-refractivity contribution in [3.63, 3.8) is 0 Å². The predicted molar refractivity (Wildman–Crippen MR) is 116 cm³/mol. The molecule has 2 heterocycles. The average Bonchev–Trinajstić information content (AvgIpc) is 3.04. The van der Waals surface area contributed by atoms with Crippen LogP contribution in [0.3, 0.4) is 0 Å². The first-order valence-electron chi connectivity index (χ1n) is 8.18. The molecule has 0 saturated heterocycles. The van der Waals surface area contributed by atoms with Crippen LogP contribution in [-0.4, -0.2) is 34.2 Å². The molecule has 0 radical (unpaired) electrons. The van der Waals surface area contributed by atoms with E-state index in [9.17, 15) is 0 Å². The Kier molecular flexibility index (Phi) is 7.65. The Bertz CT molecular complexity index is 879. The Hall–Kier alpha value is -1.87. The van der Waals surface area contributed by atoms with Crippen molar-refractivity contribution in [2.24, 2.45) is 4.99 Å². The summed E-state index contributed by atoms with van der Waals surface area (Å²) in [5.41, 5.74) is 1.97. The summed E-state index contributed by atoms with van der Waals surface area (Å²) in [6.07, 6.45) is 2.72. The Morgan fingerprint density at radius 3 is 2.85 bits per heavy atom. The summed E-state index contributed by atoms with van der Waals surface area (Å²) in [5.74, 6) is 1.66. The fraction of sp³-hybridized carbons (Fsp3) is 0.278. The lowest BCUT2D eigenvalue weighted by atomic mass is 10.1. The second-order valence-electron chi connectivity index (χ2n) is 5.72. The average molecular weight is 485 g/mol. The molecule has 0 saturated carbocycles. The van der Waals surface area contributed by atoms with Crippen LogP contribution < -0.4 is 10.6 Å². The minimum absolute atomic E-state index is 0. The maximum atomic E-state index is 6.06. The lowest BCUT2D eigenvalue weighted by molar-refractivity contribution is 0.679. The molecule has 3 rings (SSSR count). The summed E-state index contributed by atoms with van der Waals surface area (Å²) in [5, 5.41) is 15.8. The van der Waals surface area contributed by atoms with Crippen LogP contribution in [0.2, 0.25) is 5.02 Å². The largest absolute Gasteiger partial charge is 0.356 e. The molecule has 0 bridgehead atoms. The predicted octanol–water partition coefficient (Wildman–Crippen LogP) is 3.47. The van der Waals surface area contributed by atoms with Crippen molar-refractivity contribution >= 4 is 47.2 Å². The second-order valence-corrected chi connectivity index (χ2v) is 6.15. The van der Waals surface area contributed by atoms with Crippen LogP contribution in [-0.2, 0) is 6.42 Å². The molecular formula is C18H22ClIN6. The van der Waals surface area contributed by atoms with Crippen LogP contribution in [0.5, 0.6) is 0 Å². The molecule has 0 aliphatic carbocycles. The molecule has 0 aliphatic rings. The fourth-order valence-electron chi connectivity index (χ4n) is 2.61. The molecule has 0 fully saturated rings. The van der Waals surface area contributed by atoms with E-state index in [-0.39, 0.29) is 30.0 Å². The van der Waals surface area contributed by atoms with Crippen molar-refractivity contribution in [3.8, 4) is 0 Å². The van der Waals surface area contributed by atoms with E-state index < -0.39 is 0 Å². The number of guanidine groups is 1. The van der Waals surface area contributed by atoms with Crippen LogP contribution in [0.4, 0.5) is 0 Å². The van der Waals surface area contributed by atoms with Crippen LogP contribution in [0.15, 0.2) is 53.7 Å². The van der Waals surface area contributed by atoms with Gasteiger partial charge in [0.15, 0.2) is 11.6 Å². The highest BCUT2D eigenvalue weighted by Crippen LogP contribution is 2.17. The van der Waals surface area contributed by atoms with Gasteiger partial charge >= 0.3 is 0 Å². The minimum Gasteiger partial charge on any atom is -0.356 e. The van der Waals surface area contributed by atoms with Crippen molar-refractivity contribution in [2.45, 2.75) is 19.4 Å². The van der Waals surface area contributed by atoms with Gasteiger partial charge in [-0.3, -0.25) is 9.39 Å². The molecule has 26 heavy (non-hydrogen) atoms. The van der Waals surface area contributed by atoms with Gasteiger partial charge in [-0.25, -0.2) is 0 Å². The van der Waals surface area contributed by atoms with Gasteiger partial charge in [-0.1, -0.05) is 29.8 Å². The maximum absolute atomic E-state index is 6.06. The van der Waals surface area contributed by atoms with Crippen LogP contribution >= 0.6 is 35.6 Å². The Morgan fingerprint density at radius 2 is 2.08 bits per heavy atom. The normalized spacial score (nSPS) is 12.5. The molecule has 8 heteroatoms. The summed E-state index contributed by atoms with van der Waals surface area (Å²) in [6, 6.07) is 13.8.